The van der Waals surface area contributed by atoms with Gasteiger partial charge in [-0.15, -0.1) is 0 Å². The van der Waals surface area contributed by atoms with Crippen LogP contribution >= 0.6 is 11.6 Å². The first kappa shape index (κ1) is 14.0. The van der Waals surface area contributed by atoms with Crippen molar-refractivity contribution in [2.24, 2.45) is 5.73 Å². The summed E-state index contributed by atoms with van der Waals surface area (Å²) in [6, 6.07) is 4.37. The number of hydrogen-bond acceptors (Lipinski definition) is 4. The number of nitrogens with two attached hydrogens (primary N) is 1. The van der Waals surface area contributed by atoms with Gasteiger partial charge < -0.3 is 20.9 Å². The number of carboxylic acids is 1. The van der Waals surface area contributed by atoms with Gasteiger partial charge in [0.25, 0.3) is 0 Å². The summed E-state index contributed by atoms with van der Waals surface area (Å²) in [5.74, 6) is -1.13. The van der Waals surface area contributed by atoms with Crippen molar-refractivity contribution in [3.05, 3.63) is 28.8 Å². The highest BCUT2D eigenvalue weighted by Gasteiger charge is 2.29. The fourth-order valence-corrected chi connectivity index (χ4v) is 1.59. The summed E-state index contributed by atoms with van der Waals surface area (Å²) in [7, 11) is -1.61. The summed E-state index contributed by atoms with van der Waals surface area (Å²) >= 11 is 5.91. The smallest absolute Gasteiger partial charge is 0.480 e. The van der Waals surface area contributed by atoms with E-state index in [1.807, 2.05) is 0 Å². The lowest BCUT2D eigenvalue weighted by molar-refractivity contribution is -0.142. The third kappa shape index (κ3) is 3.44. The Labute approximate surface area is 104 Å². The Balaban J connectivity index is 2.98. The molecule has 0 fully saturated rings. The van der Waals surface area contributed by atoms with Crippen LogP contribution in [0.4, 0.5) is 0 Å². The maximum atomic E-state index is 10.9. The predicted molar refractivity (Wildman–Crippen MR) is 65.2 cm³/mol. The molecule has 0 unspecified atom stereocenters. The van der Waals surface area contributed by atoms with Crippen molar-refractivity contribution in [1.29, 1.82) is 0 Å². The first-order chi connectivity index (χ1) is 7.74. The Morgan fingerprint density at radius 1 is 1.53 bits per heavy atom. The Morgan fingerprint density at radius 3 is 2.53 bits per heavy atom. The van der Waals surface area contributed by atoms with E-state index in [0.717, 1.165) is 0 Å². The molecule has 0 spiro atoms. The molecule has 0 radical (unpaired) electrons. The molecule has 5 N–H and O–H groups in total. The van der Waals surface area contributed by atoms with Crippen molar-refractivity contribution in [2.45, 2.75) is 18.9 Å². The van der Waals surface area contributed by atoms with Gasteiger partial charge in [0.2, 0.25) is 0 Å². The molecule has 7 heteroatoms. The second kappa shape index (κ2) is 5.06. The van der Waals surface area contributed by atoms with Gasteiger partial charge >= 0.3 is 13.1 Å². The predicted octanol–water partition coefficient (Wildman–Crippen LogP) is -0.636. The SMILES string of the molecule is C[C@@](N)(Cc1ccc(B(O)O)cc1Cl)C(=O)O. The molecule has 0 bridgehead atoms. The molecule has 1 atom stereocenters. The van der Waals surface area contributed by atoms with Crippen molar-refractivity contribution in [3.63, 3.8) is 0 Å². The van der Waals surface area contributed by atoms with Gasteiger partial charge in [-0.2, -0.15) is 0 Å². The average Bonchev–Trinajstić information content (AvgIpc) is 2.20. The molecule has 0 amide bonds. The van der Waals surface area contributed by atoms with Gasteiger partial charge in [-0.25, -0.2) is 0 Å². The number of carboxylic acid groups (broad SMARTS) is 1. The van der Waals surface area contributed by atoms with Gasteiger partial charge in [-0.1, -0.05) is 23.7 Å². The third-order valence-corrected chi connectivity index (χ3v) is 2.77. The maximum absolute atomic E-state index is 10.9. The lowest BCUT2D eigenvalue weighted by atomic mass is 9.79. The molecule has 1 aromatic carbocycles. The number of halogens is 1. The average molecular weight is 257 g/mol. The summed E-state index contributed by atoms with van der Waals surface area (Å²) in [5.41, 5.74) is 4.98. The Hall–Kier alpha value is -1.08. The van der Waals surface area contributed by atoms with E-state index in [0.29, 0.717) is 5.56 Å². The van der Waals surface area contributed by atoms with Gasteiger partial charge in [-0.05, 0) is 24.0 Å². The van der Waals surface area contributed by atoms with Crippen LogP contribution in [0.3, 0.4) is 0 Å². The molecule has 17 heavy (non-hydrogen) atoms. The molecule has 0 aliphatic carbocycles. The van der Waals surface area contributed by atoms with Crippen molar-refractivity contribution >= 4 is 30.2 Å². The Bertz CT molecular complexity index is 436. The van der Waals surface area contributed by atoms with E-state index in [2.05, 4.69) is 0 Å². The van der Waals surface area contributed by atoms with Crippen molar-refractivity contribution < 1.29 is 19.9 Å². The zero-order chi connectivity index (χ0) is 13.2. The third-order valence-electron chi connectivity index (χ3n) is 2.42. The zero-order valence-electron chi connectivity index (χ0n) is 9.22. The highest BCUT2D eigenvalue weighted by Crippen LogP contribution is 2.19. The molecule has 1 aromatic rings. The molecule has 0 aliphatic rings. The van der Waals surface area contributed by atoms with Crippen LogP contribution in [0.2, 0.25) is 5.02 Å². The van der Waals surface area contributed by atoms with Crippen LogP contribution < -0.4 is 11.2 Å². The Kier molecular flexibility index (Phi) is 4.16. The summed E-state index contributed by atoms with van der Waals surface area (Å²) in [5, 5.41) is 27.0. The van der Waals surface area contributed by atoms with Crippen molar-refractivity contribution in [3.8, 4) is 0 Å². The molecular formula is C10H13BClNO4. The number of rotatable bonds is 4. The van der Waals surface area contributed by atoms with Gasteiger partial charge in [0.05, 0.1) is 0 Å². The van der Waals surface area contributed by atoms with E-state index in [1.54, 1.807) is 0 Å². The lowest BCUT2D eigenvalue weighted by Gasteiger charge is -2.20. The molecule has 0 aliphatic heterocycles. The summed E-state index contributed by atoms with van der Waals surface area (Å²) in [6.07, 6.45) is 0.0585. The van der Waals surface area contributed by atoms with E-state index in [-0.39, 0.29) is 16.9 Å². The number of benzene rings is 1. The first-order valence-corrected chi connectivity index (χ1v) is 5.28. The topological polar surface area (TPSA) is 104 Å². The van der Waals surface area contributed by atoms with E-state index in [9.17, 15) is 4.79 Å². The summed E-state index contributed by atoms with van der Waals surface area (Å²) in [4.78, 5) is 10.9. The minimum Gasteiger partial charge on any atom is -0.480 e. The summed E-state index contributed by atoms with van der Waals surface area (Å²) < 4.78 is 0. The van der Waals surface area contributed by atoms with E-state index in [4.69, 9.17) is 32.5 Å². The second-order valence-electron chi connectivity index (χ2n) is 4.12. The highest BCUT2D eigenvalue weighted by molar-refractivity contribution is 6.59. The number of carbonyl (C=O) groups is 1. The molecule has 0 heterocycles. The van der Waals surface area contributed by atoms with Gasteiger partial charge in [0.1, 0.15) is 5.54 Å². The molecular weight excluding hydrogens is 244 g/mol. The van der Waals surface area contributed by atoms with Gasteiger partial charge in [0.15, 0.2) is 0 Å². The number of hydrogen-bond donors (Lipinski definition) is 4. The zero-order valence-corrected chi connectivity index (χ0v) is 9.98. The first-order valence-electron chi connectivity index (χ1n) is 4.91. The van der Waals surface area contributed by atoms with Crippen LogP contribution in [0.5, 0.6) is 0 Å². The quantitative estimate of drug-likeness (QED) is 0.538. The fraction of sp³-hybridized carbons (Fsp3) is 0.300. The minimum absolute atomic E-state index is 0.0585. The molecule has 0 aromatic heterocycles. The fourth-order valence-electron chi connectivity index (χ4n) is 1.34. The highest BCUT2D eigenvalue weighted by atomic mass is 35.5. The van der Waals surface area contributed by atoms with Crippen LogP contribution in [-0.2, 0) is 11.2 Å². The largest absolute Gasteiger partial charge is 0.488 e. The van der Waals surface area contributed by atoms with Gasteiger partial charge in [-0.3, -0.25) is 4.79 Å². The number of aliphatic carboxylic acids is 1. The van der Waals surface area contributed by atoms with Crippen LogP contribution in [0.1, 0.15) is 12.5 Å². The molecule has 92 valence electrons. The van der Waals surface area contributed by atoms with E-state index in [1.165, 1.54) is 25.1 Å². The van der Waals surface area contributed by atoms with E-state index >= 15 is 0 Å². The van der Waals surface area contributed by atoms with Crippen LogP contribution in [0, 0.1) is 0 Å². The molecule has 5 nitrogen and oxygen atoms in total. The normalized spacial score (nSPS) is 14.2. The minimum atomic E-state index is -1.61. The van der Waals surface area contributed by atoms with Crippen molar-refractivity contribution in [1.82, 2.24) is 0 Å². The standard InChI is InChI=1S/C10H13BClNO4/c1-10(13,9(14)15)5-6-2-3-7(11(16)17)4-8(6)12/h2-4,16-17H,5,13H2,1H3,(H,14,15)/t10-/m1/s1. The second-order valence-corrected chi connectivity index (χ2v) is 4.53. The van der Waals surface area contributed by atoms with Crippen LogP contribution in [0.25, 0.3) is 0 Å². The molecule has 0 saturated heterocycles. The lowest BCUT2D eigenvalue weighted by Crippen LogP contribution is -2.47. The van der Waals surface area contributed by atoms with Crippen LogP contribution in [-0.4, -0.2) is 33.8 Å². The molecule has 1 rings (SSSR count). The maximum Gasteiger partial charge on any atom is 0.488 e. The van der Waals surface area contributed by atoms with Crippen LogP contribution in [0.15, 0.2) is 18.2 Å². The van der Waals surface area contributed by atoms with Gasteiger partial charge in [0, 0.05) is 11.4 Å². The van der Waals surface area contributed by atoms with E-state index < -0.39 is 18.6 Å². The molecule has 0 saturated carbocycles. The van der Waals surface area contributed by atoms with Crippen molar-refractivity contribution in [2.75, 3.05) is 0 Å². The summed E-state index contributed by atoms with van der Waals surface area (Å²) in [6.45, 7) is 1.39. The monoisotopic (exact) mass is 257 g/mol. The Morgan fingerprint density at radius 2 is 2.12 bits per heavy atom.